The first-order chi connectivity index (χ1) is 13.4. The van der Waals surface area contributed by atoms with E-state index in [9.17, 15) is 9.59 Å². The van der Waals surface area contributed by atoms with Crippen molar-refractivity contribution in [2.45, 2.75) is 20.8 Å². The summed E-state index contributed by atoms with van der Waals surface area (Å²) in [4.78, 5) is 32.1. The van der Waals surface area contributed by atoms with Crippen molar-refractivity contribution < 1.29 is 9.59 Å². The standard InChI is InChI=1S/C21H21N5O2/c1-13-5-4-6-18(14(13)2)25-20(28)19-11-12-22-21(26-19)24-17-9-7-16(8-10-17)23-15(3)27/h4-12H,1-3H3,(H,23,27)(H,25,28)(H,22,24,26). The van der Waals surface area contributed by atoms with E-state index < -0.39 is 0 Å². The third-order valence-corrected chi connectivity index (χ3v) is 4.20. The first kappa shape index (κ1) is 19.0. The average Bonchev–Trinajstić information content (AvgIpc) is 2.67. The van der Waals surface area contributed by atoms with Crippen LogP contribution in [0.5, 0.6) is 0 Å². The van der Waals surface area contributed by atoms with E-state index in [2.05, 4.69) is 25.9 Å². The van der Waals surface area contributed by atoms with Crippen LogP contribution in [0.4, 0.5) is 23.0 Å². The molecule has 7 nitrogen and oxygen atoms in total. The van der Waals surface area contributed by atoms with Gasteiger partial charge >= 0.3 is 0 Å². The normalized spacial score (nSPS) is 10.2. The molecule has 0 saturated carbocycles. The van der Waals surface area contributed by atoms with Gasteiger partial charge in [-0.1, -0.05) is 12.1 Å². The van der Waals surface area contributed by atoms with Crippen molar-refractivity contribution in [1.82, 2.24) is 9.97 Å². The maximum absolute atomic E-state index is 12.6. The summed E-state index contributed by atoms with van der Waals surface area (Å²) >= 11 is 0. The molecule has 142 valence electrons. The fourth-order valence-corrected chi connectivity index (χ4v) is 2.59. The smallest absolute Gasteiger partial charge is 0.274 e. The highest BCUT2D eigenvalue weighted by Crippen LogP contribution is 2.19. The number of rotatable bonds is 5. The average molecular weight is 375 g/mol. The minimum Gasteiger partial charge on any atom is -0.326 e. The first-order valence-corrected chi connectivity index (χ1v) is 8.77. The molecule has 0 fully saturated rings. The van der Waals surface area contributed by atoms with Crippen LogP contribution in [0.2, 0.25) is 0 Å². The van der Waals surface area contributed by atoms with E-state index in [1.165, 1.54) is 13.1 Å². The minimum atomic E-state index is -0.305. The van der Waals surface area contributed by atoms with Gasteiger partial charge in [0.15, 0.2) is 0 Å². The third kappa shape index (κ3) is 4.70. The van der Waals surface area contributed by atoms with Gasteiger partial charge in [0.25, 0.3) is 5.91 Å². The molecule has 1 aromatic heterocycles. The van der Waals surface area contributed by atoms with Crippen LogP contribution in [0.25, 0.3) is 0 Å². The van der Waals surface area contributed by atoms with Gasteiger partial charge in [0.1, 0.15) is 5.69 Å². The molecule has 0 bridgehead atoms. The van der Waals surface area contributed by atoms with Gasteiger partial charge in [0.05, 0.1) is 0 Å². The zero-order chi connectivity index (χ0) is 20.1. The van der Waals surface area contributed by atoms with Crippen LogP contribution >= 0.6 is 0 Å². The number of aryl methyl sites for hydroxylation is 1. The van der Waals surface area contributed by atoms with E-state index in [1.807, 2.05) is 32.0 Å². The van der Waals surface area contributed by atoms with Gasteiger partial charge in [-0.05, 0) is 61.4 Å². The summed E-state index contributed by atoms with van der Waals surface area (Å²) < 4.78 is 0. The number of benzene rings is 2. The van der Waals surface area contributed by atoms with Gasteiger partial charge in [-0.3, -0.25) is 9.59 Å². The Labute approximate surface area is 163 Å². The van der Waals surface area contributed by atoms with Crippen LogP contribution in [0.15, 0.2) is 54.7 Å². The van der Waals surface area contributed by atoms with Crippen molar-refractivity contribution in [2.75, 3.05) is 16.0 Å². The molecule has 2 aromatic carbocycles. The summed E-state index contributed by atoms with van der Waals surface area (Å²) in [5, 5.41) is 8.64. The van der Waals surface area contributed by atoms with Crippen molar-refractivity contribution in [2.24, 2.45) is 0 Å². The summed E-state index contributed by atoms with van der Waals surface area (Å²) in [7, 11) is 0. The molecule has 3 N–H and O–H groups in total. The van der Waals surface area contributed by atoms with Gasteiger partial charge in [-0.2, -0.15) is 0 Å². The largest absolute Gasteiger partial charge is 0.326 e. The molecule has 0 atom stereocenters. The molecule has 0 spiro atoms. The highest BCUT2D eigenvalue weighted by molar-refractivity contribution is 6.03. The molecule has 0 radical (unpaired) electrons. The molecule has 0 saturated heterocycles. The molecular weight excluding hydrogens is 354 g/mol. The predicted molar refractivity (Wildman–Crippen MR) is 110 cm³/mol. The second-order valence-electron chi connectivity index (χ2n) is 6.35. The fourth-order valence-electron chi connectivity index (χ4n) is 2.59. The maximum atomic E-state index is 12.6. The van der Waals surface area contributed by atoms with Crippen LogP contribution in [0, 0.1) is 13.8 Å². The Kier molecular flexibility index (Phi) is 5.64. The summed E-state index contributed by atoms with van der Waals surface area (Å²) in [6.07, 6.45) is 1.53. The topological polar surface area (TPSA) is 96.0 Å². The lowest BCUT2D eigenvalue weighted by molar-refractivity contribution is -0.114. The molecular formula is C21H21N5O2. The zero-order valence-electron chi connectivity index (χ0n) is 15.9. The summed E-state index contributed by atoms with van der Waals surface area (Å²) in [6.45, 7) is 5.41. The number of hydrogen-bond acceptors (Lipinski definition) is 5. The predicted octanol–water partition coefficient (Wildman–Crippen LogP) is 4.05. The van der Waals surface area contributed by atoms with Gasteiger partial charge in [-0.25, -0.2) is 9.97 Å². The van der Waals surface area contributed by atoms with Gasteiger partial charge in [0, 0.05) is 30.2 Å². The van der Waals surface area contributed by atoms with Crippen molar-refractivity contribution in [1.29, 1.82) is 0 Å². The van der Waals surface area contributed by atoms with E-state index in [1.54, 1.807) is 30.3 Å². The lowest BCUT2D eigenvalue weighted by atomic mass is 10.1. The SMILES string of the molecule is CC(=O)Nc1ccc(Nc2nccc(C(=O)Nc3cccc(C)c3C)n2)cc1. The summed E-state index contributed by atoms with van der Waals surface area (Å²) in [5.41, 5.74) is 4.56. The van der Waals surface area contributed by atoms with E-state index in [0.29, 0.717) is 11.6 Å². The molecule has 1 heterocycles. The number of amides is 2. The molecule has 0 aliphatic heterocycles. The second kappa shape index (κ2) is 8.30. The lowest BCUT2D eigenvalue weighted by Gasteiger charge is -2.11. The lowest BCUT2D eigenvalue weighted by Crippen LogP contribution is -2.15. The summed E-state index contributed by atoms with van der Waals surface area (Å²) in [6, 6.07) is 14.4. The minimum absolute atomic E-state index is 0.133. The molecule has 0 unspecified atom stereocenters. The molecule has 2 amide bonds. The molecule has 0 aliphatic carbocycles. The van der Waals surface area contributed by atoms with Gasteiger partial charge in [0.2, 0.25) is 11.9 Å². The molecule has 28 heavy (non-hydrogen) atoms. The van der Waals surface area contributed by atoms with Crippen LogP contribution in [-0.4, -0.2) is 21.8 Å². The van der Waals surface area contributed by atoms with Crippen molar-refractivity contribution in [3.8, 4) is 0 Å². The molecule has 0 aliphatic rings. The number of carbonyl (C=O) groups excluding carboxylic acids is 2. The number of aromatic nitrogens is 2. The Bertz CT molecular complexity index is 1020. The Morgan fingerprint density at radius 1 is 0.893 bits per heavy atom. The first-order valence-electron chi connectivity index (χ1n) is 8.77. The highest BCUT2D eigenvalue weighted by Gasteiger charge is 2.11. The van der Waals surface area contributed by atoms with E-state index in [4.69, 9.17) is 0 Å². The van der Waals surface area contributed by atoms with Crippen LogP contribution in [-0.2, 0) is 4.79 Å². The van der Waals surface area contributed by atoms with Crippen molar-refractivity contribution in [3.05, 3.63) is 71.5 Å². The molecule has 3 aromatic rings. The number of nitrogens with one attached hydrogen (secondary N) is 3. The zero-order valence-corrected chi connectivity index (χ0v) is 15.9. The van der Waals surface area contributed by atoms with Crippen LogP contribution in [0.3, 0.4) is 0 Å². The Morgan fingerprint density at radius 3 is 2.32 bits per heavy atom. The van der Waals surface area contributed by atoms with E-state index in [0.717, 1.165) is 22.5 Å². The molecule has 3 rings (SSSR count). The Hall–Kier alpha value is -3.74. The summed E-state index contributed by atoms with van der Waals surface area (Å²) in [5.74, 6) is -0.132. The third-order valence-electron chi connectivity index (χ3n) is 4.20. The number of carbonyl (C=O) groups is 2. The number of anilines is 4. The second-order valence-corrected chi connectivity index (χ2v) is 6.35. The van der Waals surface area contributed by atoms with Crippen molar-refractivity contribution >= 4 is 34.8 Å². The Balaban J connectivity index is 1.72. The highest BCUT2D eigenvalue weighted by atomic mass is 16.2. The van der Waals surface area contributed by atoms with E-state index in [-0.39, 0.29) is 17.5 Å². The Morgan fingerprint density at radius 2 is 1.61 bits per heavy atom. The molecule has 7 heteroatoms. The maximum Gasteiger partial charge on any atom is 0.274 e. The van der Waals surface area contributed by atoms with Gasteiger partial charge in [-0.15, -0.1) is 0 Å². The van der Waals surface area contributed by atoms with E-state index >= 15 is 0 Å². The van der Waals surface area contributed by atoms with Crippen molar-refractivity contribution in [3.63, 3.8) is 0 Å². The van der Waals surface area contributed by atoms with Crippen LogP contribution in [0.1, 0.15) is 28.5 Å². The van der Waals surface area contributed by atoms with Crippen LogP contribution < -0.4 is 16.0 Å². The monoisotopic (exact) mass is 375 g/mol. The van der Waals surface area contributed by atoms with Gasteiger partial charge < -0.3 is 16.0 Å². The number of nitrogens with zero attached hydrogens (tertiary/aromatic N) is 2. The fraction of sp³-hybridized carbons (Fsp3) is 0.143. The quantitative estimate of drug-likeness (QED) is 0.625. The number of hydrogen-bond donors (Lipinski definition) is 3.